The largest absolute Gasteiger partial charge is 0.497 e. The molecule has 146 valence electrons. The van der Waals surface area contributed by atoms with E-state index in [0.717, 1.165) is 41.9 Å². The lowest BCUT2D eigenvalue weighted by molar-refractivity contribution is -0.144. The second-order valence-electron chi connectivity index (χ2n) is 7.44. The monoisotopic (exact) mass is 380 g/mol. The Balaban J connectivity index is 1.78. The number of Topliss-reactive ketones (excluding diaryl/α,β-unsaturated/α-hetero) is 1. The van der Waals surface area contributed by atoms with Crippen molar-refractivity contribution >= 4 is 5.78 Å². The summed E-state index contributed by atoms with van der Waals surface area (Å²) in [4.78, 5) is 25.3. The molecule has 0 aromatic heterocycles. The Hall–Kier alpha value is -2.89. The molecule has 1 saturated heterocycles. The van der Waals surface area contributed by atoms with Gasteiger partial charge in [-0.2, -0.15) is 0 Å². The van der Waals surface area contributed by atoms with Crippen molar-refractivity contribution in [3.63, 3.8) is 0 Å². The lowest BCUT2D eigenvalue weighted by atomic mass is 9.67. The molecule has 28 heavy (non-hydrogen) atoms. The van der Waals surface area contributed by atoms with Crippen LogP contribution in [0.1, 0.15) is 42.5 Å². The molecule has 1 heterocycles. The first-order valence-electron chi connectivity index (χ1n) is 9.61. The van der Waals surface area contributed by atoms with Gasteiger partial charge in [-0.1, -0.05) is 30.7 Å². The van der Waals surface area contributed by atoms with E-state index in [1.165, 1.54) is 0 Å². The number of carbonyl (C=O) groups excluding carboxylic acids is 1. The molecule has 0 unspecified atom stereocenters. The average Bonchev–Trinajstić information content (AvgIpc) is 2.74. The number of nitrogens with zero attached hydrogens (tertiary/aromatic N) is 2. The third-order valence-electron chi connectivity index (χ3n) is 6.10. The summed E-state index contributed by atoms with van der Waals surface area (Å²) in [7, 11) is 3.23. The zero-order valence-electron chi connectivity index (χ0n) is 16.1. The highest BCUT2D eigenvalue weighted by Crippen LogP contribution is 2.52. The van der Waals surface area contributed by atoms with Gasteiger partial charge in [-0.3, -0.25) is 4.79 Å². The fourth-order valence-corrected chi connectivity index (χ4v) is 4.76. The molecule has 1 aliphatic heterocycles. The van der Waals surface area contributed by atoms with Crippen molar-refractivity contribution in [3.8, 4) is 11.5 Å². The maximum absolute atomic E-state index is 13.3. The molecule has 2 aromatic carbocycles. The molecule has 4 rings (SSSR count). The van der Waals surface area contributed by atoms with E-state index < -0.39 is 0 Å². The molecule has 2 fully saturated rings. The van der Waals surface area contributed by atoms with Crippen LogP contribution < -0.4 is 9.47 Å². The number of piperidine rings is 1. The predicted octanol–water partition coefficient (Wildman–Crippen LogP) is 4.47. The minimum atomic E-state index is -0.362. The maximum atomic E-state index is 13.3. The first-order chi connectivity index (χ1) is 13.7. The molecule has 1 aliphatic carbocycles. The topological polar surface area (TPSA) is 68.2 Å². The lowest BCUT2D eigenvalue weighted by Crippen LogP contribution is -2.50. The molecule has 0 amide bonds. The van der Waals surface area contributed by atoms with Crippen molar-refractivity contribution < 1.29 is 14.3 Å². The van der Waals surface area contributed by atoms with E-state index in [1.807, 2.05) is 48.5 Å². The Morgan fingerprint density at radius 1 is 0.821 bits per heavy atom. The van der Waals surface area contributed by atoms with Gasteiger partial charge in [0, 0.05) is 11.8 Å². The fourth-order valence-electron chi connectivity index (χ4n) is 4.76. The third-order valence-corrected chi connectivity index (χ3v) is 6.10. The molecule has 0 spiro atoms. The number of hydrogen-bond donors (Lipinski definition) is 0. The van der Waals surface area contributed by atoms with E-state index in [-0.39, 0.29) is 29.7 Å². The standard InChI is InChI=1S/C22H24N2O4/c1-27-16-10-6-14(7-11-16)20-18-4-3-5-19(22(18)25)21(24(20)23-26)15-8-12-17(28-2)13-9-15/h6-13,18-21H,3-5H2,1-2H3/t18-,19+,20-,21-/m0/s1. The molecule has 4 atom stereocenters. The highest BCUT2D eigenvalue weighted by Gasteiger charge is 2.51. The van der Waals surface area contributed by atoms with Crippen LogP contribution in [0.2, 0.25) is 0 Å². The first-order valence-corrected chi connectivity index (χ1v) is 9.61. The van der Waals surface area contributed by atoms with Crippen LogP contribution >= 0.6 is 0 Å². The van der Waals surface area contributed by atoms with Gasteiger partial charge in [0.1, 0.15) is 17.3 Å². The van der Waals surface area contributed by atoms with Crippen molar-refractivity contribution in [3.05, 3.63) is 64.6 Å². The molecule has 0 radical (unpaired) electrons. The Labute approximate surface area is 164 Å². The minimum absolute atomic E-state index is 0.209. The van der Waals surface area contributed by atoms with Gasteiger partial charge in [0.05, 0.1) is 31.6 Å². The van der Waals surface area contributed by atoms with Crippen LogP contribution in [-0.2, 0) is 4.79 Å². The van der Waals surface area contributed by atoms with Crippen LogP contribution in [-0.4, -0.2) is 25.0 Å². The number of benzene rings is 2. The Kier molecular flexibility index (Phi) is 5.03. The van der Waals surface area contributed by atoms with Gasteiger partial charge in [0.2, 0.25) is 0 Å². The summed E-state index contributed by atoms with van der Waals surface area (Å²) in [5.41, 5.74) is 1.83. The maximum Gasteiger partial charge on any atom is 0.143 e. The van der Waals surface area contributed by atoms with Crippen molar-refractivity contribution in [1.82, 2.24) is 5.01 Å². The molecule has 6 heteroatoms. The summed E-state index contributed by atoms with van der Waals surface area (Å²) >= 11 is 0. The smallest absolute Gasteiger partial charge is 0.143 e. The summed E-state index contributed by atoms with van der Waals surface area (Å²) < 4.78 is 10.5. The van der Waals surface area contributed by atoms with Crippen molar-refractivity contribution in [2.45, 2.75) is 31.3 Å². The van der Waals surface area contributed by atoms with Gasteiger partial charge >= 0.3 is 0 Å². The van der Waals surface area contributed by atoms with E-state index >= 15 is 0 Å². The number of nitroso groups, excluding NO2 is 1. The fraction of sp³-hybridized carbons (Fsp3) is 0.409. The lowest BCUT2D eigenvalue weighted by Gasteiger charge is -2.49. The van der Waals surface area contributed by atoms with E-state index in [4.69, 9.17) is 9.47 Å². The number of hydrogen-bond acceptors (Lipinski definition) is 5. The van der Waals surface area contributed by atoms with Crippen LogP contribution in [0.15, 0.2) is 53.8 Å². The van der Waals surface area contributed by atoms with Gasteiger partial charge in [-0.05, 0) is 48.2 Å². The Morgan fingerprint density at radius 3 is 1.61 bits per heavy atom. The number of rotatable bonds is 5. The second kappa shape index (κ2) is 7.62. The predicted molar refractivity (Wildman–Crippen MR) is 105 cm³/mol. The molecular weight excluding hydrogens is 356 g/mol. The highest BCUT2D eigenvalue weighted by atomic mass is 16.5. The van der Waals surface area contributed by atoms with Gasteiger partial charge in [0.25, 0.3) is 0 Å². The summed E-state index contributed by atoms with van der Waals surface area (Å²) in [6.45, 7) is 0. The second-order valence-corrected chi connectivity index (χ2v) is 7.44. The molecular formula is C22H24N2O4. The van der Waals surface area contributed by atoms with E-state index in [9.17, 15) is 9.70 Å². The molecule has 6 nitrogen and oxygen atoms in total. The minimum Gasteiger partial charge on any atom is -0.497 e. The van der Waals surface area contributed by atoms with E-state index in [1.54, 1.807) is 19.2 Å². The quantitative estimate of drug-likeness (QED) is 0.716. The normalized spacial score (nSPS) is 26.6. The van der Waals surface area contributed by atoms with Crippen molar-refractivity contribution in [2.24, 2.45) is 17.1 Å². The van der Waals surface area contributed by atoms with Crippen LogP contribution in [0.25, 0.3) is 0 Å². The van der Waals surface area contributed by atoms with E-state index in [0.29, 0.717) is 0 Å². The zero-order chi connectivity index (χ0) is 19.7. The van der Waals surface area contributed by atoms with Gasteiger partial charge in [0.15, 0.2) is 0 Å². The number of carbonyl (C=O) groups is 1. The number of ether oxygens (including phenoxy) is 2. The average molecular weight is 380 g/mol. The SMILES string of the molecule is COc1ccc([C@H]2[C@@H]3CCC[C@@H](C3=O)[C@H](c3ccc(OC)cc3)N2N=O)cc1. The first kappa shape index (κ1) is 18.5. The number of fused-ring (bicyclic) bond motifs is 2. The summed E-state index contributed by atoms with van der Waals surface area (Å²) in [5.74, 6) is 1.31. The van der Waals surface area contributed by atoms with Crippen LogP contribution in [0.5, 0.6) is 11.5 Å². The molecule has 2 aliphatic rings. The van der Waals surface area contributed by atoms with E-state index in [2.05, 4.69) is 5.29 Å². The summed E-state index contributed by atoms with van der Waals surface area (Å²) in [5, 5.41) is 5.04. The summed E-state index contributed by atoms with van der Waals surface area (Å²) in [6, 6.07) is 14.4. The van der Waals surface area contributed by atoms with Crippen molar-refractivity contribution in [2.75, 3.05) is 14.2 Å². The number of methoxy groups -OCH3 is 2. The van der Waals surface area contributed by atoms with Gasteiger partial charge < -0.3 is 9.47 Å². The van der Waals surface area contributed by atoms with Crippen LogP contribution in [0, 0.1) is 16.7 Å². The van der Waals surface area contributed by atoms with Gasteiger partial charge in [-0.15, -0.1) is 4.91 Å². The van der Waals surface area contributed by atoms with Gasteiger partial charge in [-0.25, -0.2) is 5.01 Å². The molecule has 1 saturated carbocycles. The summed E-state index contributed by atoms with van der Waals surface area (Å²) in [6.07, 6.45) is 2.55. The highest BCUT2D eigenvalue weighted by molar-refractivity contribution is 5.87. The third kappa shape index (κ3) is 3.03. The van der Waals surface area contributed by atoms with Crippen LogP contribution in [0.3, 0.4) is 0 Å². The zero-order valence-corrected chi connectivity index (χ0v) is 16.1. The number of ketones is 1. The van der Waals surface area contributed by atoms with Crippen molar-refractivity contribution in [1.29, 1.82) is 0 Å². The van der Waals surface area contributed by atoms with Crippen LogP contribution in [0.4, 0.5) is 0 Å². The molecule has 2 aromatic rings. The Bertz CT molecular complexity index is 784. The Morgan fingerprint density at radius 2 is 1.25 bits per heavy atom. The molecule has 2 bridgehead atoms. The molecule has 0 N–H and O–H groups in total.